The van der Waals surface area contributed by atoms with Crippen LogP contribution in [0.4, 0.5) is 0 Å². The van der Waals surface area contributed by atoms with Crippen molar-refractivity contribution in [3.05, 3.63) is 34.0 Å². The molecular weight excluding hydrogens is 256 g/mol. The Hall–Kier alpha value is -1.20. The van der Waals surface area contributed by atoms with Gasteiger partial charge in [0.2, 0.25) is 0 Å². The molecule has 1 atom stereocenters. The molecule has 5 heteroatoms. The predicted octanol–water partition coefficient (Wildman–Crippen LogP) is 2.86. The summed E-state index contributed by atoms with van der Waals surface area (Å²) in [5.41, 5.74) is 1.30. The van der Waals surface area contributed by atoms with Gasteiger partial charge in [0, 0.05) is 30.4 Å². The molecule has 0 aliphatic carbocycles. The fraction of sp³-hybridized carbons (Fsp3) is 0.571. The van der Waals surface area contributed by atoms with Gasteiger partial charge in [-0.05, 0) is 38.3 Å². The zero-order valence-corrected chi connectivity index (χ0v) is 12.7. The second kappa shape index (κ2) is 6.82. The Morgan fingerprint density at radius 3 is 2.84 bits per heavy atom. The van der Waals surface area contributed by atoms with Crippen LogP contribution in [0.3, 0.4) is 0 Å². The first-order valence-electron chi connectivity index (χ1n) is 6.82. The number of aromatic nitrogens is 3. The van der Waals surface area contributed by atoms with Crippen molar-refractivity contribution in [1.82, 2.24) is 20.1 Å². The summed E-state index contributed by atoms with van der Waals surface area (Å²) < 4.78 is 1.86. The van der Waals surface area contributed by atoms with Crippen LogP contribution in [0.25, 0.3) is 0 Å². The van der Waals surface area contributed by atoms with E-state index in [0.29, 0.717) is 6.04 Å². The van der Waals surface area contributed by atoms with E-state index < -0.39 is 0 Å². The van der Waals surface area contributed by atoms with E-state index in [0.717, 1.165) is 30.8 Å². The summed E-state index contributed by atoms with van der Waals surface area (Å²) in [5.74, 6) is 0. The van der Waals surface area contributed by atoms with Crippen LogP contribution in [0.15, 0.2) is 18.6 Å². The first-order valence-corrected chi connectivity index (χ1v) is 7.64. The van der Waals surface area contributed by atoms with E-state index in [2.05, 4.69) is 35.4 Å². The molecule has 0 aromatic carbocycles. The third kappa shape index (κ3) is 4.14. The molecule has 1 unspecified atom stereocenters. The molecule has 2 aromatic rings. The maximum atomic E-state index is 4.37. The SMILES string of the molecule is CCCNC(CCc1cnn(C)c1)c1cnc(C)s1. The standard InChI is InChI=1S/C14H22N4S/c1-4-7-15-13(14-9-16-11(2)19-14)6-5-12-8-17-18(3)10-12/h8-10,13,15H,4-7H2,1-3H3. The summed E-state index contributed by atoms with van der Waals surface area (Å²) in [6.45, 7) is 5.31. The number of aryl methyl sites for hydroxylation is 3. The van der Waals surface area contributed by atoms with E-state index in [1.165, 1.54) is 10.4 Å². The van der Waals surface area contributed by atoms with Gasteiger partial charge in [-0.2, -0.15) is 5.10 Å². The highest BCUT2D eigenvalue weighted by Crippen LogP contribution is 2.24. The fourth-order valence-corrected chi connectivity index (χ4v) is 3.01. The summed E-state index contributed by atoms with van der Waals surface area (Å²) in [6.07, 6.45) is 9.35. The van der Waals surface area contributed by atoms with Gasteiger partial charge in [-0.1, -0.05) is 6.92 Å². The van der Waals surface area contributed by atoms with Crippen molar-refractivity contribution < 1.29 is 0 Å². The van der Waals surface area contributed by atoms with E-state index >= 15 is 0 Å². The maximum absolute atomic E-state index is 4.37. The Balaban J connectivity index is 1.97. The van der Waals surface area contributed by atoms with E-state index in [4.69, 9.17) is 0 Å². The third-order valence-electron chi connectivity index (χ3n) is 3.10. The smallest absolute Gasteiger partial charge is 0.0897 e. The third-order valence-corrected chi connectivity index (χ3v) is 4.13. The Bertz CT molecular complexity index is 503. The molecule has 104 valence electrons. The summed E-state index contributed by atoms with van der Waals surface area (Å²) in [6, 6.07) is 0.409. The molecule has 0 spiro atoms. The van der Waals surface area contributed by atoms with Gasteiger partial charge in [-0.15, -0.1) is 11.3 Å². The van der Waals surface area contributed by atoms with Crippen LogP contribution < -0.4 is 5.32 Å². The van der Waals surface area contributed by atoms with Crippen molar-refractivity contribution in [2.45, 2.75) is 39.2 Å². The van der Waals surface area contributed by atoms with E-state index in [1.54, 1.807) is 11.3 Å². The molecule has 0 aliphatic rings. The summed E-state index contributed by atoms with van der Waals surface area (Å²) in [4.78, 5) is 5.71. The minimum atomic E-state index is 0.409. The van der Waals surface area contributed by atoms with Crippen molar-refractivity contribution in [3.8, 4) is 0 Å². The topological polar surface area (TPSA) is 42.7 Å². The van der Waals surface area contributed by atoms with Crippen LogP contribution in [0, 0.1) is 6.92 Å². The molecule has 0 saturated carbocycles. The van der Waals surface area contributed by atoms with Crippen LogP contribution in [-0.4, -0.2) is 21.3 Å². The first-order chi connectivity index (χ1) is 9.19. The lowest BCUT2D eigenvalue weighted by Gasteiger charge is -2.16. The molecule has 1 N–H and O–H groups in total. The van der Waals surface area contributed by atoms with Crippen LogP contribution >= 0.6 is 11.3 Å². The molecule has 0 aliphatic heterocycles. The van der Waals surface area contributed by atoms with Crippen LogP contribution in [0.1, 0.15) is 41.3 Å². The van der Waals surface area contributed by atoms with Gasteiger partial charge in [0.1, 0.15) is 0 Å². The quantitative estimate of drug-likeness (QED) is 0.847. The van der Waals surface area contributed by atoms with E-state index in [-0.39, 0.29) is 0 Å². The number of nitrogens with one attached hydrogen (secondary N) is 1. The Labute approximate surface area is 118 Å². The first kappa shape index (κ1) is 14.2. The monoisotopic (exact) mass is 278 g/mol. The molecular formula is C14H22N4S. The highest BCUT2D eigenvalue weighted by molar-refractivity contribution is 7.11. The molecule has 0 fully saturated rings. The molecule has 0 radical (unpaired) electrons. The summed E-state index contributed by atoms with van der Waals surface area (Å²) in [5, 5.41) is 8.98. The van der Waals surface area contributed by atoms with Gasteiger partial charge in [0.15, 0.2) is 0 Å². The highest BCUT2D eigenvalue weighted by Gasteiger charge is 2.13. The molecule has 0 bridgehead atoms. The minimum absolute atomic E-state index is 0.409. The Kier molecular flexibility index (Phi) is 5.10. The van der Waals surface area contributed by atoms with Crippen molar-refractivity contribution in [2.24, 2.45) is 7.05 Å². The number of rotatable bonds is 7. The number of hydrogen-bond donors (Lipinski definition) is 1. The molecule has 2 rings (SSSR count). The minimum Gasteiger partial charge on any atom is -0.309 e. The molecule has 2 heterocycles. The lowest BCUT2D eigenvalue weighted by molar-refractivity contribution is 0.505. The maximum Gasteiger partial charge on any atom is 0.0897 e. The highest BCUT2D eigenvalue weighted by atomic mass is 32.1. The van der Waals surface area contributed by atoms with Crippen LogP contribution in [0.5, 0.6) is 0 Å². The fourth-order valence-electron chi connectivity index (χ4n) is 2.11. The van der Waals surface area contributed by atoms with Gasteiger partial charge in [0.05, 0.1) is 11.2 Å². The van der Waals surface area contributed by atoms with Crippen molar-refractivity contribution >= 4 is 11.3 Å². The normalized spacial score (nSPS) is 12.8. The van der Waals surface area contributed by atoms with Crippen molar-refractivity contribution in [1.29, 1.82) is 0 Å². The van der Waals surface area contributed by atoms with E-state index in [1.807, 2.05) is 24.1 Å². The van der Waals surface area contributed by atoms with Gasteiger partial charge < -0.3 is 5.32 Å². The lowest BCUT2D eigenvalue weighted by Crippen LogP contribution is -2.21. The second-order valence-corrected chi connectivity index (χ2v) is 6.12. The summed E-state index contributed by atoms with van der Waals surface area (Å²) >= 11 is 1.79. The number of nitrogens with zero attached hydrogens (tertiary/aromatic N) is 3. The zero-order valence-electron chi connectivity index (χ0n) is 11.9. The van der Waals surface area contributed by atoms with Crippen LogP contribution in [-0.2, 0) is 13.5 Å². The average molecular weight is 278 g/mol. The summed E-state index contributed by atoms with van der Waals surface area (Å²) in [7, 11) is 1.96. The zero-order chi connectivity index (χ0) is 13.7. The molecule has 0 saturated heterocycles. The van der Waals surface area contributed by atoms with Crippen molar-refractivity contribution in [3.63, 3.8) is 0 Å². The second-order valence-electron chi connectivity index (χ2n) is 4.85. The van der Waals surface area contributed by atoms with Crippen molar-refractivity contribution in [2.75, 3.05) is 6.54 Å². The lowest BCUT2D eigenvalue weighted by atomic mass is 10.1. The molecule has 0 amide bonds. The average Bonchev–Trinajstić information content (AvgIpc) is 2.99. The largest absolute Gasteiger partial charge is 0.309 e. The molecule has 4 nitrogen and oxygen atoms in total. The molecule has 2 aromatic heterocycles. The number of hydrogen-bond acceptors (Lipinski definition) is 4. The molecule has 19 heavy (non-hydrogen) atoms. The van der Waals surface area contributed by atoms with Crippen LogP contribution in [0.2, 0.25) is 0 Å². The van der Waals surface area contributed by atoms with Gasteiger partial charge in [-0.3, -0.25) is 4.68 Å². The van der Waals surface area contributed by atoms with Gasteiger partial charge in [-0.25, -0.2) is 4.98 Å². The Morgan fingerprint density at radius 1 is 1.42 bits per heavy atom. The van der Waals surface area contributed by atoms with Gasteiger partial charge in [0.25, 0.3) is 0 Å². The number of thiazole rings is 1. The predicted molar refractivity (Wildman–Crippen MR) is 79.4 cm³/mol. The van der Waals surface area contributed by atoms with Gasteiger partial charge >= 0.3 is 0 Å². The van der Waals surface area contributed by atoms with E-state index in [9.17, 15) is 0 Å². The Morgan fingerprint density at radius 2 is 2.26 bits per heavy atom.